The van der Waals surface area contributed by atoms with E-state index in [2.05, 4.69) is 10.6 Å². The second kappa shape index (κ2) is 7.37. The van der Waals surface area contributed by atoms with Crippen LogP contribution in [-0.2, 0) is 14.8 Å². The van der Waals surface area contributed by atoms with Crippen molar-refractivity contribution in [3.8, 4) is 0 Å². The number of hydrogen-bond acceptors (Lipinski definition) is 4. The summed E-state index contributed by atoms with van der Waals surface area (Å²) < 4.78 is 26.2. The molecule has 126 valence electrons. The summed E-state index contributed by atoms with van der Waals surface area (Å²) in [5.41, 5.74) is 0.629. The normalized spacial score (nSPS) is 14.6. The molecule has 1 amide bonds. The monoisotopic (exact) mass is 355 g/mol. The van der Waals surface area contributed by atoms with Gasteiger partial charge in [0, 0.05) is 24.7 Å². The third-order valence-electron chi connectivity index (χ3n) is 3.64. The molecule has 0 unspecified atom stereocenters. The smallest absolute Gasteiger partial charge is 0.243 e. The van der Waals surface area contributed by atoms with E-state index in [4.69, 9.17) is 12.2 Å². The number of rotatable bonds is 6. The van der Waals surface area contributed by atoms with E-state index in [0.717, 1.165) is 12.8 Å². The molecule has 1 aromatic rings. The fourth-order valence-electron chi connectivity index (χ4n) is 2.14. The zero-order valence-corrected chi connectivity index (χ0v) is 14.8. The van der Waals surface area contributed by atoms with Crippen LogP contribution >= 0.6 is 12.2 Å². The molecule has 0 aliphatic heterocycles. The molecule has 1 aliphatic rings. The Labute approximate surface area is 142 Å². The van der Waals surface area contributed by atoms with Crippen LogP contribution in [-0.4, -0.2) is 36.8 Å². The molecule has 0 spiro atoms. The van der Waals surface area contributed by atoms with E-state index in [-0.39, 0.29) is 21.8 Å². The number of thiocarbonyl (C=S) groups is 1. The first kappa shape index (κ1) is 17.8. The predicted molar refractivity (Wildman–Crippen MR) is 93.6 cm³/mol. The first-order valence-electron chi connectivity index (χ1n) is 7.60. The maximum Gasteiger partial charge on any atom is 0.243 e. The summed E-state index contributed by atoms with van der Waals surface area (Å²) in [7, 11) is -3.47. The molecule has 0 saturated heterocycles. The molecule has 0 bridgehead atoms. The Bertz CT molecular complexity index is 678. The van der Waals surface area contributed by atoms with E-state index in [1.807, 2.05) is 0 Å². The number of nitrogens with one attached hydrogen (secondary N) is 2. The molecule has 1 aliphatic carbocycles. The van der Waals surface area contributed by atoms with Gasteiger partial charge in [-0.05, 0) is 49.3 Å². The fourth-order valence-corrected chi connectivity index (χ4v) is 3.82. The van der Waals surface area contributed by atoms with Crippen LogP contribution in [0.4, 0.5) is 5.69 Å². The van der Waals surface area contributed by atoms with Crippen LogP contribution in [0.1, 0.15) is 26.7 Å². The van der Waals surface area contributed by atoms with Crippen molar-refractivity contribution in [1.29, 1.82) is 0 Å². The minimum absolute atomic E-state index is 0.0665. The average molecular weight is 355 g/mol. The molecule has 1 fully saturated rings. The molecule has 2 rings (SSSR count). The number of sulfonamides is 1. The molecule has 1 aromatic carbocycles. The Morgan fingerprint density at radius 1 is 1.22 bits per heavy atom. The van der Waals surface area contributed by atoms with E-state index in [1.54, 1.807) is 26.0 Å². The molecule has 0 atom stereocenters. The van der Waals surface area contributed by atoms with Crippen LogP contribution in [0.25, 0.3) is 0 Å². The highest BCUT2D eigenvalue weighted by molar-refractivity contribution is 7.89. The molecule has 6 nitrogen and oxygen atoms in total. The van der Waals surface area contributed by atoms with Crippen molar-refractivity contribution in [3.63, 3.8) is 0 Å². The highest BCUT2D eigenvalue weighted by atomic mass is 32.2. The lowest BCUT2D eigenvalue weighted by Gasteiger charge is -2.18. The number of carbonyl (C=O) groups is 1. The molecule has 8 heteroatoms. The predicted octanol–water partition coefficient (Wildman–Crippen LogP) is 1.94. The zero-order chi connectivity index (χ0) is 17.0. The molecule has 23 heavy (non-hydrogen) atoms. The van der Waals surface area contributed by atoms with Crippen LogP contribution in [0.5, 0.6) is 0 Å². The van der Waals surface area contributed by atoms with Crippen LogP contribution in [0.2, 0.25) is 0 Å². The molecular formula is C15H21N3O3S2. The van der Waals surface area contributed by atoms with Gasteiger partial charge >= 0.3 is 0 Å². The standard InChI is InChI=1S/C15H21N3O3S2/c1-3-18(4-2)23(20,21)13-9-7-12(8-10-13)16-15(22)17-14(19)11-5-6-11/h7-11H,3-6H2,1-2H3,(H2,16,17,19,22). The number of benzene rings is 1. The average Bonchev–Trinajstić information content (AvgIpc) is 3.33. The molecule has 0 radical (unpaired) electrons. The molecule has 1 saturated carbocycles. The Morgan fingerprint density at radius 2 is 1.78 bits per heavy atom. The second-order valence-electron chi connectivity index (χ2n) is 5.33. The maximum atomic E-state index is 12.4. The van der Waals surface area contributed by atoms with E-state index in [9.17, 15) is 13.2 Å². The second-order valence-corrected chi connectivity index (χ2v) is 7.68. The van der Waals surface area contributed by atoms with Crippen molar-refractivity contribution >= 4 is 38.9 Å². The fraction of sp³-hybridized carbons (Fsp3) is 0.467. The Balaban J connectivity index is 2.01. The minimum Gasteiger partial charge on any atom is -0.332 e. The topological polar surface area (TPSA) is 78.5 Å². The van der Waals surface area contributed by atoms with Crippen LogP contribution in [0.15, 0.2) is 29.2 Å². The van der Waals surface area contributed by atoms with E-state index in [1.165, 1.54) is 16.4 Å². The molecule has 0 aromatic heterocycles. The van der Waals surface area contributed by atoms with Gasteiger partial charge in [-0.2, -0.15) is 4.31 Å². The van der Waals surface area contributed by atoms with Crippen molar-refractivity contribution in [2.24, 2.45) is 5.92 Å². The van der Waals surface area contributed by atoms with Gasteiger partial charge < -0.3 is 10.6 Å². The third-order valence-corrected chi connectivity index (χ3v) is 5.91. The van der Waals surface area contributed by atoms with Crippen molar-refractivity contribution in [3.05, 3.63) is 24.3 Å². The highest BCUT2D eigenvalue weighted by Gasteiger charge is 2.30. The zero-order valence-electron chi connectivity index (χ0n) is 13.2. The summed E-state index contributed by atoms with van der Waals surface area (Å²) in [5.74, 6) is 0.0135. The van der Waals surface area contributed by atoms with Crippen LogP contribution in [0, 0.1) is 5.92 Å². The number of nitrogens with zero attached hydrogens (tertiary/aromatic N) is 1. The van der Waals surface area contributed by atoms with Crippen LogP contribution < -0.4 is 10.6 Å². The number of amides is 1. The number of hydrogen-bond donors (Lipinski definition) is 2. The van der Waals surface area contributed by atoms with E-state index in [0.29, 0.717) is 18.8 Å². The summed E-state index contributed by atoms with van der Waals surface area (Å²) >= 11 is 5.08. The van der Waals surface area contributed by atoms with Crippen molar-refractivity contribution in [1.82, 2.24) is 9.62 Å². The maximum absolute atomic E-state index is 12.4. The van der Waals surface area contributed by atoms with Gasteiger partial charge in [0.1, 0.15) is 0 Å². The SMILES string of the molecule is CCN(CC)S(=O)(=O)c1ccc(NC(=S)NC(=O)C2CC2)cc1. The lowest BCUT2D eigenvalue weighted by Crippen LogP contribution is -2.35. The van der Waals surface area contributed by atoms with E-state index < -0.39 is 10.0 Å². The Hall–Kier alpha value is -1.51. The quantitative estimate of drug-likeness (QED) is 0.763. The lowest BCUT2D eigenvalue weighted by atomic mass is 10.3. The molecule has 0 heterocycles. The largest absolute Gasteiger partial charge is 0.332 e. The van der Waals surface area contributed by atoms with Gasteiger partial charge in [0.25, 0.3) is 0 Å². The van der Waals surface area contributed by atoms with Gasteiger partial charge in [-0.1, -0.05) is 13.8 Å². The summed E-state index contributed by atoms with van der Waals surface area (Å²) in [6.45, 7) is 4.46. The third kappa shape index (κ3) is 4.49. The first-order chi connectivity index (χ1) is 10.9. The van der Waals surface area contributed by atoms with Gasteiger partial charge in [0.05, 0.1) is 4.90 Å². The summed E-state index contributed by atoms with van der Waals surface area (Å²) in [4.78, 5) is 11.8. The number of carbonyl (C=O) groups excluding carboxylic acids is 1. The Kier molecular flexibility index (Phi) is 5.72. The van der Waals surface area contributed by atoms with E-state index >= 15 is 0 Å². The lowest BCUT2D eigenvalue weighted by molar-refractivity contribution is -0.120. The van der Waals surface area contributed by atoms with Gasteiger partial charge in [-0.15, -0.1) is 0 Å². The molecular weight excluding hydrogens is 334 g/mol. The van der Waals surface area contributed by atoms with Gasteiger partial charge in [-0.3, -0.25) is 4.79 Å². The molecule has 2 N–H and O–H groups in total. The van der Waals surface area contributed by atoms with Crippen LogP contribution in [0.3, 0.4) is 0 Å². The first-order valence-corrected chi connectivity index (χ1v) is 9.45. The van der Waals surface area contributed by atoms with Crippen molar-refractivity contribution in [2.45, 2.75) is 31.6 Å². The summed E-state index contributed by atoms with van der Waals surface area (Å²) in [6.07, 6.45) is 1.82. The van der Waals surface area contributed by atoms with Gasteiger partial charge in [0.2, 0.25) is 15.9 Å². The van der Waals surface area contributed by atoms with Gasteiger partial charge in [-0.25, -0.2) is 8.42 Å². The van der Waals surface area contributed by atoms with Gasteiger partial charge in [0.15, 0.2) is 5.11 Å². The summed E-state index contributed by atoms with van der Waals surface area (Å²) in [6, 6.07) is 6.32. The van der Waals surface area contributed by atoms with Crippen molar-refractivity contribution in [2.75, 3.05) is 18.4 Å². The Morgan fingerprint density at radius 3 is 2.26 bits per heavy atom. The summed E-state index contributed by atoms with van der Waals surface area (Å²) in [5, 5.41) is 5.73. The minimum atomic E-state index is -3.47. The number of anilines is 1. The van der Waals surface area contributed by atoms with Crippen molar-refractivity contribution < 1.29 is 13.2 Å². The highest BCUT2D eigenvalue weighted by Crippen LogP contribution is 2.28.